The van der Waals surface area contributed by atoms with E-state index in [1.807, 2.05) is 0 Å². The molecule has 0 spiro atoms. The lowest BCUT2D eigenvalue weighted by molar-refractivity contribution is -0.115. The zero-order valence-corrected chi connectivity index (χ0v) is 11.9. The van der Waals surface area contributed by atoms with Gasteiger partial charge in [0, 0.05) is 20.6 Å². The van der Waals surface area contributed by atoms with Gasteiger partial charge in [0.1, 0.15) is 0 Å². The summed E-state index contributed by atoms with van der Waals surface area (Å²) in [5.41, 5.74) is 0.809. The van der Waals surface area contributed by atoms with Crippen molar-refractivity contribution in [2.24, 2.45) is 0 Å². The summed E-state index contributed by atoms with van der Waals surface area (Å²) in [7, 11) is -0.452. The summed E-state index contributed by atoms with van der Waals surface area (Å²) < 4.78 is 24.8. The number of carbonyl (C=O) groups excluding carboxylic acids is 1. The van der Waals surface area contributed by atoms with Crippen molar-refractivity contribution in [1.82, 2.24) is 9.62 Å². The van der Waals surface area contributed by atoms with Crippen molar-refractivity contribution in [1.29, 1.82) is 0 Å². The quantitative estimate of drug-likeness (QED) is 0.820. The topological polar surface area (TPSA) is 66.5 Å². The fourth-order valence-electron chi connectivity index (χ4n) is 1.33. The first-order chi connectivity index (χ1) is 8.87. The molecule has 6 heteroatoms. The molecule has 0 radical (unpaired) electrons. The number of rotatable bonds is 4. The second-order valence-electron chi connectivity index (χ2n) is 3.99. The van der Waals surface area contributed by atoms with E-state index in [0.29, 0.717) is 6.54 Å². The SMILES string of the molecule is CC#CC(=O)NCc1ccc(S(=O)(=O)N(C)C)cc1. The maximum atomic E-state index is 11.8. The molecule has 5 nitrogen and oxygen atoms in total. The van der Waals surface area contributed by atoms with Crippen molar-refractivity contribution in [2.45, 2.75) is 18.4 Å². The molecule has 0 heterocycles. The van der Waals surface area contributed by atoms with Gasteiger partial charge in [-0.25, -0.2) is 12.7 Å². The monoisotopic (exact) mass is 280 g/mol. The van der Waals surface area contributed by atoms with Gasteiger partial charge < -0.3 is 5.32 Å². The van der Waals surface area contributed by atoms with Crippen molar-refractivity contribution in [3.8, 4) is 11.8 Å². The average molecular weight is 280 g/mol. The van der Waals surface area contributed by atoms with E-state index in [1.54, 1.807) is 19.1 Å². The summed E-state index contributed by atoms with van der Waals surface area (Å²) in [6, 6.07) is 6.36. The third-order valence-electron chi connectivity index (χ3n) is 2.39. The summed E-state index contributed by atoms with van der Waals surface area (Å²) in [5.74, 6) is 4.51. The predicted octanol–water partition coefficient (Wildman–Crippen LogP) is 0.576. The largest absolute Gasteiger partial charge is 0.341 e. The number of hydrogen-bond donors (Lipinski definition) is 1. The van der Waals surface area contributed by atoms with Crippen molar-refractivity contribution in [3.63, 3.8) is 0 Å². The molecular formula is C13H16N2O3S. The summed E-state index contributed by atoms with van der Waals surface area (Å²) in [5, 5.41) is 2.61. The Labute approximate surface area is 113 Å². The molecule has 0 saturated heterocycles. The van der Waals surface area contributed by atoms with Crippen molar-refractivity contribution in [2.75, 3.05) is 14.1 Å². The van der Waals surface area contributed by atoms with Crippen LogP contribution in [0.4, 0.5) is 0 Å². The number of benzene rings is 1. The van der Waals surface area contributed by atoms with Gasteiger partial charge in [-0.15, -0.1) is 0 Å². The zero-order chi connectivity index (χ0) is 14.5. The highest BCUT2D eigenvalue weighted by Crippen LogP contribution is 2.13. The van der Waals surface area contributed by atoms with Crippen LogP contribution in [0.2, 0.25) is 0 Å². The lowest BCUT2D eigenvalue weighted by Crippen LogP contribution is -2.22. The lowest BCUT2D eigenvalue weighted by atomic mass is 10.2. The van der Waals surface area contributed by atoms with Gasteiger partial charge in [-0.3, -0.25) is 4.79 Å². The molecule has 1 amide bonds. The first-order valence-electron chi connectivity index (χ1n) is 5.60. The van der Waals surface area contributed by atoms with Crippen LogP contribution in [0.3, 0.4) is 0 Å². The van der Waals surface area contributed by atoms with E-state index < -0.39 is 10.0 Å². The van der Waals surface area contributed by atoms with Gasteiger partial charge in [-0.2, -0.15) is 0 Å². The van der Waals surface area contributed by atoms with Crippen LogP contribution in [-0.2, 0) is 21.4 Å². The Balaban J connectivity index is 2.77. The van der Waals surface area contributed by atoms with Gasteiger partial charge in [-0.05, 0) is 30.5 Å². The molecule has 0 aliphatic carbocycles. The molecule has 0 saturated carbocycles. The molecule has 0 bridgehead atoms. The minimum atomic E-state index is -3.41. The summed E-state index contributed by atoms with van der Waals surface area (Å²) >= 11 is 0. The van der Waals surface area contributed by atoms with Crippen molar-refractivity contribution in [3.05, 3.63) is 29.8 Å². The summed E-state index contributed by atoms with van der Waals surface area (Å²) in [6.45, 7) is 1.90. The number of nitrogens with zero attached hydrogens (tertiary/aromatic N) is 1. The number of nitrogens with one attached hydrogen (secondary N) is 1. The molecule has 1 aromatic carbocycles. The molecule has 19 heavy (non-hydrogen) atoms. The Hall–Kier alpha value is -1.84. The Kier molecular flexibility index (Phi) is 5.10. The van der Waals surface area contributed by atoms with E-state index in [9.17, 15) is 13.2 Å². The summed E-state index contributed by atoms with van der Waals surface area (Å²) in [6.07, 6.45) is 0. The maximum Gasteiger partial charge on any atom is 0.296 e. The zero-order valence-electron chi connectivity index (χ0n) is 11.1. The van der Waals surface area contributed by atoms with E-state index >= 15 is 0 Å². The van der Waals surface area contributed by atoms with Gasteiger partial charge in [0.15, 0.2) is 0 Å². The normalized spacial score (nSPS) is 10.7. The number of amides is 1. The van der Waals surface area contributed by atoms with Gasteiger partial charge in [0.2, 0.25) is 10.0 Å². The minimum absolute atomic E-state index is 0.223. The molecule has 0 fully saturated rings. The van der Waals surface area contributed by atoms with Crippen LogP contribution in [-0.4, -0.2) is 32.7 Å². The van der Waals surface area contributed by atoms with Crippen LogP contribution in [0.5, 0.6) is 0 Å². The smallest absolute Gasteiger partial charge is 0.296 e. The second kappa shape index (κ2) is 6.36. The van der Waals surface area contributed by atoms with Gasteiger partial charge in [0.05, 0.1) is 4.90 Å². The lowest BCUT2D eigenvalue weighted by Gasteiger charge is -2.11. The summed E-state index contributed by atoms with van der Waals surface area (Å²) in [4.78, 5) is 11.4. The third-order valence-corrected chi connectivity index (χ3v) is 4.22. The predicted molar refractivity (Wildman–Crippen MR) is 72.6 cm³/mol. The Morgan fingerprint density at radius 3 is 2.32 bits per heavy atom. The Bertz CT molecular complexity index is 608. The van der Waals surface area contributed by atoms with E-state index in [1.165, 1.54) is 26.2 Å². The van der Waals surface area contributed by atoms with Crippen molar-refractivity contribution < 1.29 is 13.2 Å². The Morgan fingerprint density at radius 1 is 1.26 bits per heavy atom. The minimum Gasteiger partial charge on any atom is -0.341 e. The molecule has 102 valence electrons. The maximum absolute atomic E-state index is 11.8. The highest BCUT2D eigenvalue weighted by molar-refractivity contribution is 7.89. The first-order valence-corrected chi connectivity index (χ1v) is 7.04. The average Bonchev–Trinajstić information content (AvgIpc) is 2.37. The van der Waals surface area contributed by atoms with Gasteiger partial charge >= 0.3 is 0 Å². The van der Waals surface area contributed by atoms with Crippen LogP contribution < -0.4 is 5.32 Å². The molecule has 0 unspecified atom stereocenters. The van der Waals surface area contributed by atoms with Crippen LogP contribution in [0.1, 0.15) is 12.5 Å². The fourth-order valence-corrected chi connectivity index (χ4v) is 2.23. The van der Waals surface area contributed by atoms with Gasteiger partial charge in [0.25, 0.3) is 5.91 Å². The van der Waals surface area contributed by atoms with Crippen LogP contribution in [0, 0.1) is 11.8 Å². The molecule has 0 aliphatic rings. The standard InChI is InChI=1S/C13H16N2O3S/c1-4-5-13(16)14-10-11-6-8-12(9-7-11)19(17,18)15(2)3/h6-9H,10H2,1-3H3,(H,14,16). The van der Waals surface area contributed by atoms with E-state index in [-0.39, 0.29) is 10.8 Å². The number of hydrogen-bond acceptors (Lipinski definition) is 3. The molecule has 0 aliphatic heterocycles. The molecule has 0 aromatic heterocycles. The molecule has 1 aromatic rings. The fraction of sp³-hybridized carbons (Fsp3) is 0.308. The highest BCUT2D eigenvalue weighted by atomic mass is 32.2. The number of carbonyl (C=O) groups is 1. The first kappa shape index (κ1) is 15.2. The highest BCUT2D eigenvalue weighted by Gasteiger charge is 2.16. The third kappa shape index (κ3) is 4.09. The van der Waals surface area contributed by atoms with E-state index in [4.69, 9.17) is 0 Å². The molecule has 0 atom stereocenters. The van der Waals surface area contributed by atoms with Crippen LogP contribution in [0.15, 0.2) is 29.2 Å². The van der Waals surface area contributed by atoms with E-state index in [2.05, 4.69) is 17.2 Å². The van der Waals surface area contributed by atoms with Crippen LogP contribution in [0.25, 0.3) is 0 Å². The van der Waals surface area contributed by atoms with Crippen LogP contribution >= 0.6 is 0 Å². The van der Waals surface area contributed by atoms with E-state index in [0.717, 1.165) is 9.87 Å². The second-order valence-corrected chi connectivity index (χ2v) is 6.14. The molecule has 1 N–H and O–H groups in total. The Morgan fingerprint density at radius 2 is 1.84 bits per heavy atom. The van der Waals surface area contributed by atoms with Gasteiger partial charge in [-0.1, -0.05) is 18.1 Å². The van der Waals surface area contributed by atoms with Crippen molar-refractivity contribution >= 4 is 15.9 Å². The molecule has 1 rings (SSSR count). The molecular weight excluding hydrogens is 264 g/mol. The number of sulfonamides is 1.